The molecule has 1 N–H and O–H groups in total. The van der Waals surface area contributed by atoms with Crippen molar-refractivity contribution in [1.82, 2.24) is 9.78 Å². The van der Waals surface area contributed by atoms with E-state index in [9.17, 15) is 4.79 Å². The molecule has 84 valence electrons. The number of aliphatic carboxylic acids is 1. The molecule has 16 heavy (non-hydrogen) atoms. The van der Waals surface area contributed by atoms with E-state index in [1.165, 1.54) is 0 Å². The second-order valence-corrected chi connectivity index (χ2v) is 4.09. The van der Waals surface area contributed by atoms with Crippen LogP contribution in [0.5, 0.6) is 0 Å². The van der Waals surface area contributed by atoms with Gasteiger partial charge in [-0.3, -0.25) is 9.48 Å². The van der Waals surface area contributed by atoms with Gasteiger partial charge in [0.15, 0.2) is 0 Å². The van der Waals surface area contributed by atoms with Crippen LogP contribution >= 0.6 is 0 Å². The van der Waals surface area contributed by atoms with Gasteiger partial charge in [-0.25, -0.2) is 0 Å². The fourth-order valence-electron chi connectivity index (χ4n) is 1.83. The Morgan fingerprint density at radius 1 is 1.50 bits per heavy atom. The van der Waals surface area contributed by atoms with E-state index >= 15 is 0 Å². The SMILES string of the molecule is Cc1ccc2c(C(C)C(=O)O)nn(C)c2c1. The average Bonchev–Trinajstić information content (AvgIpc) is 2.55. The Kier molecular flexibility index (Phi) is 2.42. The molecule has 2 rings (SSSR count). The highest BCUT2D eigenvalue weighted by Crippen LogP contribution is 2.25. The molecular weight excluding hydrogens is 204 g/mol. The van der Waals surface area contributed by atoms with Crippen LogP contribution in [0.25, 0.3) is 10.9 Å². The Morgan fingerprint density at radius 3 is 2.81 bits per heavy atom. The zero-order valence-electron chi connectivity index (χ0n) is 9.56. The second-order valence-electron chi connectivity index (χ2n) is 4.09. The highest BCUT2D eigenvalue weighted by molar-refractivity contribution is 5.88. The van der Waals surface area contributed by atoms with Crippen molar-refractivity contribution in [3.05, 3.63) is 29.5 Å². The molecule has 2 aromatic rings. The minimum Gasteiger partial charge on any atom is -0.481 e. The Hall–Kier alpha value is -1.84. The molecule has 0 radical (unpaired) electrons. The Balaban J connectivity index is 2.68. The van der Waals surface area contributed by atoms with Crippen LogP contribution in [0.3, 0.4) is 0 Å². The maximum absolute atomic E-state index is 11.0. The summed E-state index contributed by atoms with van der Waals surface area (Å²) in [5, 5.41) is 14.2. The van der Waals surface area contributed by atoms with Gasteiger partial charge < -0.3 is 5.11 Å². The number of nitrogens with zero attached hydrogens (tertiary/aromatic N) is 2. The Bertz CT molecular complexity index is 557. The largest absolute Gasteiger partial charge is 0.481 e. The third-order valence-electron chi connectivity index (χ3n) is 2.82. The van der Waals surface area contributed by atoms with Gasteiger partial charge in [0.2, 0.25) is 0 Å². The molecule has 1 unspecified atom stereocenters. The molecule has 0 bridgehead atoms. The quantitative estimate of drug-likeness (QED) is 0.839. The van der Waals surface area contributed by atoms with Gasteiger partial charge in [-0.1, -0.05) is 12.1 Å². The lowest BCUT2D eigenvalue weighted by Crippen LogP contribution is -2.08. The summed E-state index contributed by atoms with van der Waals surface area (Å²) in [6.07, 6.45) is 0. The second kappa shape index (κ2) is 3.63. The molecule has 1 aromatic heterocycles. The molecule has 1 heterocycles. The predicted molar refractivity (Wildman–Crippen MR) is 61.5 cm³/mol. The van der Waals surface area contributed by atoms with Gasteiger partial charge in [-0.2, -0.15) is 5.10 Å². The van der Waals surface area contributed by atoms with E-state index in [4.69, 9.17) is 5.11 Å². The summed E-state index contributed by atoms with van der Waals surface area (Å²) in [5.74, 6) is -1.42. The summed E-state index contributed by atoms with van der Waals surface area (Å²) >= 11 is 0. The van der Waals surface area contributed by atoms with Crippen LogP contribution in [0.15, 0.2) is 18.2 Å². The minimum atomic E-state index is -0.847. The van der Waals surface area contributed by atoms with Crippen LogP contribution in [0, 0.1) is 6.92 Å². The molecule has 4 heteroatoms. The van der Waals surface area contributed by atoms with Gasteiger partial charge in [-0.05, 0) is 25.5 Å². The number of aryl methyl sites for hydroxylation is 2. The highest BCUT2D eigenvalue weighted by atomic mass is 16.4. The lowest BCUT2D eigenvalue weighted by atomic mass is 10.0. The minimum absolute atomic E-state index is 0.577. The number of hydrogen-bond donors (Lipinski definition) is 1. The molecule has 0 aliphatic heterocycles. The van der Waals surface area contributed by atoms with Crippen molar-refractivity contribution in [2.24, 2.45) is 7.05 Å². The number of benzene rings is 1. The number of rotatable bonds is 2. The zero-order valence-corrected chi connectivity index (χ0v) is 9.56. The lowest BCUT2D eigenvalue weighted by Gasteiger charge is -2.02. The Labute approximate surface area is 93.5 Å². The standard InChI is InChI=1S/C12H14N2O2/c1-7-4-5-9-10(6-7)14(3)13-11(9)8(2)12(15)16/h4-6,8H,1-3H3,(H,15,16). The molecule has 4 nitrogen and oxygen atoms in total. The van der Waals surface area contributed by atoms with Gasteiger partial charge in [0.25, 0.3) is 0 Å². The van der Waals surface area contributed by atoms with E-state index in [1.807, 2.05) is 32.2 Å². The summed E-state index contributed by atoms with van der Waals surface area (Å²) in [4.78, 5) is 11.0. The van der Waals surface area contributed by atoms with Crippen LogP contribution in [0.1, 0.15) is 24.1 Å². The fraction of sp³-hybridized carbons (Fsp3) is 0.333. The highest BCUT2D eigenvalue weighted by Gasteiger charge is 2.20. The van der Waals surface area contributed by atoms with Crippen molar-refractivity contribution in [2.75, 3.05) is 0 Å². The number of aromatic nitrogens is 2. The van der Waals surface area contributed by atoms with E-state index in [0.717, 1.165) is 16.5 Å². The van der Waals surface area contributed by atoms with Crippen LogP contribution in [-0.4, -0.2) is 20.9 Å². The predicted octanol–water partition coefficient (Wildman–Crippen LogP) is 2.07. The maximum atomic E-state index is 11.0. The molecule has 1 aromatic carbocycles. The molecule has 0 fully saturated rings. The van der Waals surface area contributed by atoms with Crippen molar-refractivity contribution >= 4 is 16.9 Å². The molecule has 0 aliphatic carbocycles. The summed E-state index contributed by atoms with van der Waals surface area (Å²) < 4.78 is 1.73. The van der Waals surface area contributed by atoms with Gasteiger partial charge >= 0.3 is 5.97 Å². The van der Waals surface area contributed by atoms with Crippen LogP contribution in [-0.2, 0) is 11.8 Å². The van der Waals surface area contributed by atoms with Crippen molar-refractivity contribution in [3.8, 4) is 0 Å². The zero-order chi connectivity index (χ0) is 11.9. The van der Waals surface area contributed by atoms with Crippen molar-refractivity contribution < 1.29 is 9.90 Å². The van der Waals surface area contributed by atoms with E-state index in [2.05, 4.69) is 5.10 Å². The van der Waals surface area contributed by atoms with Crippen molar-refractivity contribution in [3.63, 3.8) is 0 Å². The van der Waals surface area contributed by atoms with Gasteiger partial charge in [0.05, 0.1) is 17.1 Å². The average molecular weight is 218 g/mol. The fourth-order valence-corrected chi connectivity index (χ4v) is 1.83. The van der Waals surface area contributed by atoms with Gasteiger partial charge in [0.1, 0.15) is 0 Å². The molecule has 1 atom stereocenters. The summed E-state index contributed by atoms with van der Waals surface area (Å²) in [5.41, 5.74) is 2.75. The van der Waals surface area contributed by atoms with Crippen LogP contribution in [0.4, 0.5) is 0 Å². The smallest absolute Gasteiger partial charge is 0.312 e. The molecule has 0 saturated carbocycles. The molecule has 0 saturated heterocycles. The van der Waals surface area contributed by atoms with Gasteiger partial charge in [-0.15, -0.1) is 0 Å². The number of hydrogen-bond acceptors (Lipinski definition) is 2. The first-order valence-corrected chi connectivity index (χ1v) is 5.16. The summed E-state index contributed by atoms with van der Waals surface area (Å²) in [6, 6.07) is 5.93. The first-order valence-electron chi connectivity index (χ1n) is 5.16. The summed E-state index contributed by atoms with van der Waals surface area (Å²) in [7, 11) is 1.83. The first-order chi connectivity index (χ1) is 7.50. The summed E-state index contributed by atoms with van der Waals surface area (Å²) in [6.45, 7) is 3.66. The normalized spacial score (nSPS) is 12.9. The first kappa shape index (κ1) is 10.7. The monoisotopic (exact) mass is 218 g/mol. The third-order valence-corrected chi connectivity index (χ3v) is 2.82. The van der Waals surface area contributed by atoms with E-state index in [-0.39, 0.29) is 0 Å². The van der Waals surface area contributed by atoms with Gasteiger partial charge in [0, 0.05) is 12.4 Å². The van der Waals surface area contributed by atoms with Crippen LogP contribution < -0.4 is 0 Å². The number of fused-ring (bicyclic) bond motifs is 1. The maximum Gasteiger partial charge on any atom is 0.312 e. The van der Waals surface area contributed by atoms with Crippen molar-refractivity contribution in [1.29, 1.82) is 0 Å². The van der Waals surface area contributed by atoms with Crippen LogP contribution in [0.2, 0.25) is 0 Å². The third kappa shape index (κ3) is 1.56. The number of carboxylic acid groups (broad SMARTS) is 1. The number of carbonyl (C=O) groups is 1. The van der Waals surface area contributed by atoms with E-state index in [0.29, 0.717) is 5.69 Å². The molecule has 0 aliphatic rings. The number of carboxylic acids is 1. The van der Waals surface area contributed by atoms with E-state index in [1.54, 1.807) is 11.6 Å². The molecule has 0 amide bonds. The van der Waals surface area contributed by atoms with E-state index < -0.39 is 11.9 Å². The van der Waals surface area contributed by atoms with Crippen molar-refractivity contribution in [2.45, 2.75) is 19.8 Å². The lowest BCUT2D eigenvalue weighted by molar-refractivity contribution is -0.138. The molecular formula is C12H14N2O2. The topological polar surface area (TPSA) is 55.1 Å². The Morgan fingerprint density at radius 2 is 2.19 bits per heavy atom. The molecule has 0 spiro atoms.